The van der Waals surface area contributed by atoms with Crippen molar-refractivity contribution in [2.45, 2.75) is 12.8 Å². The average molecular weight is 258 g/mol. The van der Waals surface area contributed by atoms with E-state index < -0.39 is 12.1 Å². The van der Waals surface area contributed by atoms with Crippen LogP contribution in [-0.2, 0) is 23.7 Å². The summed E-state index contributed by atoms with van der Waals surface area (Å²) < 4.78 is 19.0. The van der Waals surface area contributed by atoms with Crippen molar-refractivity contribution < 1.29 is 28.5 Å². The van der Waals surface area contributed by atoms with Crippen LogP contribution < -0.4 is 0 Å². The molecule has 0 aliphatic rings. The Kier molecular flexibility index (Phi) is 10.5. The van der Waals surface area contributed by atoms with E-state index in [1.807, 2.05) is 0 Å². The summed E-state index contributed by atoms with van der Waals surface area (Å²) in [5.74, 6) is -0.441. The Balaban J connectivity index is 3.16. The van der Waals surface area contributed by atoms with Crippen molar-refractivity contribution in [1.82, 2.24) is 0 Å². The zero-order valence-electron chi connectivity index (χ0n) is 10.3. The van der Waals surface area contributed by atoms with Crippen LogP contribution in [0.4, 0.5) is 4.79 Å². The summed E-state index contributed by atoms with van der Waals surface area (Å²) in [6.45, 7) is 7.94. The van der Waals surface area contributed by atoms with Gasteiger partial charge < -0.3 is 18.9 Å². The molecule has 102 valence electrons. The number of carbonyl (C=O) groups excluding carboxylic acids is 2. The summed E-state index contributed by atoms with van der Waals surface area (Å²) in [6.07, 6.45) is 2.52. The van der Waals surface area contributed by atoms with Crippen LogP contribution in [0.5, 0.6) is 0 Å². The third kappa shape index (κ3) is 10.7. The standard InChI is InChI=1S/C12H18O6/c1-3-11(13)17-9-5-7-15-8-6-10-18-12(14)16-4-2/h3-4H,1-2,5-10H2. The van der Waals surface area contributed by atoms with Gasteiger partial charge in [-0.2, -0.15) is 0 Å². The van der Waals surface area contributed by atoms with Crippen LogP contribution in [0.15, 0.2) is 25.5 Å². The first kappa shape index (κ1) is 16.2. The van der Waals surface area contributed by atoms with E-state index in [4.69, 9.17) is 9.47 Å². The van der Waals surface area contributed by atoms with E-state index in [1.54, 1.807) is 0 Å². The van der Waals surface area contributed by atoms with Crippen molar-refractivity contribution in [3.8, 4) is 0 Å². The summed E-state index contributed by atoms with van der Waals surface area (Å²) >= 11 is 0. The van der Waals surface area contributed by atoms with Crippen LogP contribution in [0.1, 0.15) is 12.8 Å². The smallest absolute Gasteiger partial charge is 0.462 e. The summed E-state index contributed by atoms with van der Waals surface area (Å²) in [4.78, 5) is 21.4. The fourth-order valence-corrected chi connectivity index (χ4v) is 0.913. The third-order valence-corrected chi connectivity index (χ3v) is 1.68. The fraction of sp³-hybridized carbons (Fsp3) is 0.500. The highest BCUT2D eigenvalue weighted by atomic mass is 16.7. The molecular weight excluding hydrogens is 240 g/mol. The van der Waals surface area contributed by atoms with Gasteiger partial charge in [-0.3, -0.25) is 0 Å². The van der Waals surface area contributed by atoms with Crippen molar-refractivity contribution in [3.05, 3.63) is 25.5 Å². The van der Waals surface area contributed by atoms with E-state index in [9.17, 15) is 9.59 Å². The molecule has 0 saturated carbocycles. The zero-order valence-corrected chi connectivity index (χ0v) is 10.3. The van der Waals surface area contributed by atoms with Crippen LogP contribution in [0.2, 0.25) is 0 Å². The van der Waals surface area contributed by atoms with Gasteiger partial charge >= 0.3 is 12.1 Å². The highest BCUT2D eigenvalue weighted by Crippen LogP contribution is 1.92. The van der Waals surface area contributed by atoms with E-state index in [1.165, 1.54) is 0 Å². The second kappa shape index (κ2) is 11.7. The molecule has 0 rings (SSSR count). The Labute approximate surface area is 106 Å². The van der Waals surface area contributed by atoms with Crippen molar-refractivity contribution in [1.29, 1.82) is 0 Å². The van der Waals surface area contributed by atoms with Gasteiger partial charge in [0.05, 0.1) is 19.5 Å². The quantitative estimate of drug-likeness (QED) is 0.257. The maximum Gasteiger partial charge on any atom is 0.513 e. The molecule has 6 heteroatoms. The van der Waals surface area contributed by atoms with Gasteiger partial charge in [0.1, 0.15) is 0 Å². The third-order valence-electron chi connectivity index (χ3n) is 1.68. The van der Waals surface area contributed by atoms with Crippen molar-refractivity contribution in [3.63, 3.8) is 0 Å². The maximum absolute atomic E-state index is 10.7. The van der Waals surface area contributed by atoms with Crippen LogP contribution in [0.25, 0.3) is 0 Å². The molecule has 0 spiro atoms. The molecular formula is C12H18O6. The fourth-order valence-electron chi connectivity index (χ4n) is 0.913. The molecule has 0 N–H and O–H groups in total. The highest BCUT2D eigenvalue weighted by Gasteiger charge is 2.00. The van der Waals surface area contributed by atoms with Gasteiger partial charge in [0.2, 0.25) is 0 Å². The van der Waals surface area contributed by atoms with Gasteiger partial charge in [-0.05, 0) is 0 Å². The van der Waals surface area contributed by atoms with E-state index in [2.05, 4.69) is 22.6 Å². The monoisotopic (exact) mass is 258 g/mol. The molecule has 0 aromatic carbocycles. The van der Waals surface area contributed by atoms with Crippen LogP contribution in [0, 0.1) is 0 Å². The molecule has 0 saturated heterocycles. The topological polar surface area (TPSA) is 71.1 Å². The second-order valence-corrected chi connectivity index (χ2v) is 3.07. The molecule has 0 amide bonds. The van der Waals surface area contributed by atoms with Gasteiger partial charge in [-0.25, -0.2) is 9.59 Å². The summed E-state index contributed by atoms with van der Waals surface area (Å²) in [6, 6.07) is 0. The highest BCUT2D eigenvalue weighted by molar-refractivity contribution is 5.81. The number of hydrogen-bond donors (Lipinski definition) is 0. The Hall–Kier alpha value is -1.82. The zero-order chi connectivity index (χ0) is 13.6. The number of hydrogen-bond acceptors (Lipinski definition) is 6. The van der Waals surface area contributed by atoms with Gasteiger partial charge in [0.25, 0.3) is 0 Å². The number of esters is 1. The van der Waals surface area contributed by atoms with Crippen molar-refractivity contribution in [2.75, 3.05) is 26.4 Å². The molecule has 0 aromatic rings. The Bertz CT molecular complexity index is 274. The van der Waals surface area contributed by atoms with E-state index in [-0.39, 0.29) is 6.61 Å². The lowest BCUT2D eigenvalue weighted by molar-refractivity contribution is -0.138. The van der Waals surface area contributed by atoms with Gasteiger partial charge in [-0.1, -0.05) is 13.2 Å². The van der Waals surface area contributed by atoms with E-state index in [0.29, 0.717) is 32.7 Å². The lowest BCUT2D eigenvalue weighted by Crippen LogP contribution is -2.09. The SMILES string of the molecule is C=COC(=O)OCCCOCCCOC(=O)C=C. The Morgan fingerprint density at radius 2 is 1.56 bits per heavy atom. The minimum atomic E-state index is -0.777. The predicted molar refractivity (Wildman–Crippen MR) is 63.8 cm³/mol. The minimum absolute atomic E-state index is 0.220. The lowest BCUT2D eigenvalue weighted by Gasteiger charge is -2.05. The second-order valence-electron chi connectivity index (χ2n) is 3.07. The van der Waals surface area contributed by atoms with Gasteiger partial charge in [0, 0.05) is 32.1 Å². The van der Waals surface area contributed by atoms with Crippen LogP contribution in [-0.4, -0.2) is 38.6 Å². The summed E-state index contributed by atoms with van der Waals surface area (Å²) in [5.41, 5.74) is 0. The molecule has 6 nitrogen and oxygen atoms in total. The normalized spacial score (nSPS) is 9.33. The Morgan fingerprint density at radius 3 is 2.11 bits per heavy atom. The van der Waals surface area contributed by atoms with Crippen molar-refractivity contribution in [2.24, 2.45) is 0 Å². The van der Waals surface area contributed by atoms with Crippen molar-refractivity contribution >= 4 is 12.1 Å². The number of carbonyl (C=O) groups is 2. The average Bonchev–Trinajstić information content (AvgIpc) is 2.36. The predicted octanol–water partition coefficient (Wildman–Crippen LogP) is 1.81. The first-order chi connectivity index (χ1) is 8.70. The van der Waals surface area contributed by atoms with Crippen LogP contribution >= 0.6 is 0 Å². The Morgan fingerprint density at radius 1 is 0.944 bits per heavy atom. The minimum Gasteiger partial charge on any atom is -0.462 e. The van der Waals surface area contributed by atoms with E-state index >= 15 is 0 Å². The molecule has 0 atom stereocenters. The molecule has 0 heterocycles. The molecule has 0 aromatic heterocycles. The molecule has 0 fully saturated rings. The van der Waals surface area contributed by atoms with Gasteiger partial charge in [0.15, 0.2) is 0 Å². The molecule has 0 aliphatic carbocycles. The molecule has 0 radical (unpaired) electrons. The largest absolute Gasteiger partial charge is 0.513 e. The van der Waals surface area contributed by atoms with Crippen LogP contribution in [0.3, 0.4) is 0 Å². The van der Waals surface area contributed by atoms with Gasteiger partial charge in [-0.15, -0.1) is 0 Å². The first-order valence-electron chi connectivity index (χ1n) is 5.52. The lowest BCUT2D eigenvalue weighted by atomic mass is 10.4. The molecule has 0 bridgehead atoms. The van der Waals surface area contributed by atoms with E-state index in [0.717, 1.165) is 12.3 Å². The first-order valence-corrected chi connectivity index (χ1v) is 5.52. The number of ether oxygens (including phenoxy) is 4. The maximum atomic E-state index is 10.7. The number of rotatable bonds is 10. The molecule has 0 aliphatic heterocycles. The summed E-state index contributed by atoms with van der Waals surface area (Å²) in [7, 11) is 0. The molecule has 0 unspecified atom stereocenters. The summed E-state index contributed by atoms with van der Waals surface area (Å²) in [5, 5.41) is 0. The molecule has 18 heavy (non-hydrogen) atoms.